The second-order valence-electron chi connectivity index (χ2n) is 7.52. The fourth-order valence-corrected chi connectivity index (χ4v) is 3.42. The third-order valence-electron chi connectivity index (χ3n) is 5.03. The molecule has 0 bridgehead atoms. The number of rotatable bonds is 5. The molecule has 1 N–H and O–H groups in total. The Morgan fingerprint density at radius 2 is 1.70 bits per heavy atom. The molecule has 4 aromatic rings. The second-order valence-corrected chi connectivity index (χ2v) is 7.52. The number of aromatic nitrogens is 2. The van der Waals surface area contributed by atoms with Gasteiger partial charge < -0.3 is 14.6 Å². The number of phenolic OH excluding ortho intramolecular Hbond substituents is 1. The van der Waals surface area contributed by atoms with Crippen molar-refractivity contribution in [2.45, 2.75) is 26.7 Å². The molecule has 0 spiro atoms. The molecule has 0 saturated carbocycles. The van der Waals surface area contributed by atoms with Crippen LogP contribution in [0.5, 0.6) is 23.1 Å². The van der Waals surface area contributed by atoms with Gasteiger partial charge in [0.1, 0.15) is 5.75 Å². The van der Waals surface area contributed by atoms with Gasteiger partial charge in [-0.15, -0.1) is 0 Å². The van der Waals surface area contributed by atoms with E-state index in [9.17, 15) is 5.11 Å². The van der Waals surface area contributed by atoms with Crippen molar-refractivity contribution in [1.29, 1.82) is 0 Å². The summed E-state index contributed by atoms with van der Waals surface area (Å²) in [7, 11) is 1.51. The van der Waals surface area contributed by atoms with E-state index in [0.29, 0.717) is 28.9 Å². The normalized spacial score (nSPS) is 11.1. The third kappa shape index (κ3) is 3.66. The number of phenols is 1. The van der Waals surface area contributed by atoms with Crippen molar-refractivity contribution in [3.63, 3.8) is 0 Å². The highest BCUT2D eigenvalue weighted by atomic mass is 16.5. The molecule has 4 rings (SSSR count). The van der Waals surface area contributed by atoms with Crippen LogP contribution < -0.4 is 9.47 Å². The highest BCUT2D eigenvalue weighted by molar-refractivity contribution is 5.86. The van der Waals surface area contributed by atoms with Gasteiger partial charge in [0.05, 0.1) is 23.6 Å². The minimum atomic E-state index is -0.000318. The van der Waals surface area contributed by atoms with Gasteiger partial charge in [-0.1, -0.05) is 44.2 Å². The minimum Gasteiger partial charge on any atom is -0.504 e. The SMILES string of the molecule is COc1cccc(-c2nc(Oc3cc(C)ccc3C(C)C)c3ccccc3n2)c1O. The van der Waals surface area contributed by atoms with E-state index in [2.05, 4.69) is 35.9 Å². The summed E-state index contributed by atoms with van der Waals surface area (Å²) in [6.07, 6.45) is 0. The van der Waals surface area contributed by atoms with E-state index < -0.39 is 0 Å². The monoisotopic (exact) mass is 400 g/mol. The van der Waals surface area contributed by atoms with Crippen LogP contribution in [0, 0.1) is 6.92 Å². The van der Waals surface area contributed by atoms with Gasteiger partial charge >= 0.3 is 0 Å². The molecule has 0 radical (unpaired) electrons. The fourth-order valence-electron chi connectivity index (χ4n) is 3.42. The number of para-hydroxylation sites is 2. The number of nitrogens with zero attached hydrogens (tertiary/aromatic N) is 2. The van der Waals surface area contributed by atoms with E-state index >= 15 is 0 Å². The van der Waals surface area contributed by atoms with Gasteiger partial charge in [0, 0.05) is 0 Å². The Morgan fingerprint density at radius 3 is 2.47 bits per heavy atom. The molecule has 3 aromatic carbocycles. The van der Waals surface area contributed by atoms with Gasteiger partial charge in [-0.05, 0) is 54.3 Å². The number of hydrogen-bond acceptors (Lipinski definition) is 5. The fraction of sp³-hybridized carbons (Fsp3) is 0.200. The third-order valence-corrected chi connectivity index (χ3v) is 5.03. The maximum Gasteiger partial charge on any atom is 0.230 e. The lowest BCUT2D eigenvalue weighted by molar-refractivity contribution is 0.374. The second kappa shape index (κ2) is 8.03. The lowest BCUT2D eigenvalue weighted by Crippen LogP contribution is -1.99. The van der Waals surface area contributed by atoms with Crippen LogP contribution in [0.25, 0.3) is 22.3 Å². The first kappa shape index (κ1) is 19.7. The number of benzene rings is 3. The molecule has 1 aromatic heterocycles. The summed E-state index contributed by atoms with van der Waals surface area (Å²) in [5.74, 6) is 2.27. The molecular formula is C25H24N2O3. The van der Waals surface area contributed by atoms with Crippen molar-refractivity contribution in [2.24, 2.45) is 0 Å². The summed E-state index contributed by atoms with van der Waals surface area (Å²) in [5.41, 5.74) is 3.43. The number of methoxy groups -OCH3 is 1. The predicted molar refractivity (Wildman–Crippen MR) is 119 cm³/mol. The number of aromatic hydroxyl groups is 1. The van der Waals surface area contributed by atoms with Crippen LogP contribution in [-0.2, 0) is 0 Å². The van der Waals surface area contributed by atoms with Gasteiger partial charge in [-0.25, -0.2) is 4.98 Å². The van der Waals surface area contributed by atoms with Crippen molar-refractivity contribution in [3.05, 3.63) is 71.8 Å². The highest BCUT2D eigenvalue weighted by Gasteiger charge is 2.17. The van der Waals surface area contributed by atoms with Crippen LogP contribution >= 0.6 is 0 Å². The van der Waals surface area contributed by atoms with Crippen LogP contribution in [0.1, 0.15) is 30.9 Å². The Kier molecular flexibility index (Phi) is 5.27. The number of aryl methyl sites for hydroxylation is 1. The van der Waals surface area contributed by atoms with E-state index in [0.717, 1.165) is 27.8 Å². The Hall–Kier alpha value is -3.60. The topological polar surface area (TPSA) is 64.5 Å². The molecule has 0 atom stereocenters. The Morgan fingerprint density at radius 1 is 0.900 bits per heavy atom. The first-order valence-corrected chi connectivity index (χ1v) is 9.89. The first-order chi connectivity index (χ1) is 14.5. The zero-order valence-corrected chi connectivity index (χ0v) is 17.5. The molecule has 0 aliphatic rings. The molecule has 152 valence electrons. The summed E-state index contributed by atoms with van der Waals surface area (Å²) in [6.45, 7) is 6.30. The zero-order valence-electron chi connectivity index (χ0n) is 17.5. The van der Waals surface area contributed by atoms with E-state index in [1.807, 2.05) is 37.3 Å². The largest absolute Gasteiger partial charge is 0.504 e. The highest BCUT2D eigenvalue weighted by Crippen LogP contribution is 2.38. The lowest BCUT2D eigenvalue weighted by atomic mass is 10.0. The van der Waals surface area contributed by atoms with Crippen LogP contribution in [0.4, 0.5) is 0 Å². The molecule has 30 heavy (non-hydrogen) atoms. The van der Waals surface area contributed by atoms with Crippen molar-refractivity contribution in [2.75, 3.05) is 7.11 Å². The van der Waals surface area contributed by atoms with Crippen molar-refractivity contribution >= 4 is 10.9 Å². The molecule has 5 heteroatoms. The van der Waals surface area contributed by atoms with Crippen molar-refractivity contribution in [3.8, 4) is 34.5 Å². The van der Waals surface area contributed by atoms with Crippen molar-refractivity contribution < 1.29 is 14.6 Å². The number of ether oxygens (including phenoxy) is 2. The Balaban J connectivity index is 1.90. The summed E-state index contributed by atoms with van der Waals surface area (Å²) < 4.78 is 11.6. The average molecular weight is 400 g/mol. The van der Waals surface area contributed by atoms with Crippen LogP contribution in [0.2, 0.25) is 0 Å². The molecule has 0 aliphatic heterocycles. The van der Waals surface area contributed by atoms with Crippen LogP contribution in [0.15, 0.2) is 60.7 Å². The standard InChI is InChI=1S/C25H24N2O3/c1-15(2)17-13-12-16(3)14-22(17)30-25-18-8-5-6-10-20(18)26-24(27-25)19-9-7-11-21(29-4)23(19)28/h5-15,28H,1-4H3. The number of fused-ring (bicyclic) bond motifs is 1. The molecule has 1 heterocycles. The van der Waals surface area contributed by atoms with E-state index in [4.69, 9.17) is 9.47 Å². The van der Waals surface area contributed by atoms with Gasteiger partial charge in [0.25, 0.3) is 0 Å². The smallest absolute Gasteiger partial charge is 0.230 e. The van der Waals surface area contributed by atoms with E-state index in [1.54, 1.807) is 18.2 Å². The summed E-state index contributed by atoms with van der Waals surface area (Å²) >= 11 is 0. The molecule has 0 aliphatic carbocycles. The minimum absolute atomic E-state index is 0.000318. The molecule has 0 amide bonds. The molecule has 0 saturated heterocycles. The first-order valence-electron chi connectivity index (χ1n) is 9.89. The zero-order chi connectivity index (χ0) is 21.3. The summed E-state index contributed by atoms with van der Waals surface area (Å²) in [6, 6.07) is 19.1. The molecule has 5 nitrogen and oxygen atoms in total. The summed E-state index contributed by atoms with van der Waals surface area (Å²) in [4.78, 5) is 9.34. The molecule has 0 fully saturated rings. The van der Waals surface area contributed by atoms with E-state index in [1.165, 1.54) is 7.11 Å². The maximum atomic E-state index is 10.6. The Labute approximate surface area is 176 Å². The molecular weight excluding hydrogens is 376 g/mol. The lowest BCUT2D eigenvalue weighted by Gasteiger charge is -2.16. The van der Waals surface area contributed by atoms with E-state index in [-0.39, 0.29) is 5.75 Å². The quantitative estimate of drug-likeness (QED) is 0.430. The van der Waals surface area contributed by atoms with Gasteiger partial charge in [-0.2, -0.15) is 4.98 Å². The summed E-state index contributed by atoms with van der Waals surface area (Å²) in [5, 5.41) is 11.4. The maximum absolute atomic E-state index is 10.6. The van der Waals surface area contributed by atoms with Gasteiger partial charge in [-0.3, -0.25) is 0 Å². The van der Waals surface area contributed by atoms with Gasteiger partial charge in [0.2, 0.25) is 5.88 Å². The van der Waals surface area contributed by atoms with Crippen molar-refractivity contribution in [1.82, 2.24) is 9.97 Å². The Bertz CT molecular complexity index is 1220. The molecule has 0 unspecified atom stereocenters. The predicted octanol–water partition coefficient (Wildman–Crippen LogP) is 6.24. The van der Waals surface area contributed by atoms with Gasteiger partial charge in [0.15, 0.2) is 17.3 Å². The average Bonchev–Trinajstić information content (AvgIpc) is 2.73. The van der Waals surface area contributed by atoms with Crippen LogP contribution in [-0.4, -0.2) is 22.2 Å². The number of hydrogen-bond donors (Lipinski definition) is 1. The van der Waals surface area contributed by atoms with Crippen LogP contribution in [0.3, 0.4) is 0 Å².